The van der Waals surface area contributed by atoms with Crippen molar-refractivity contribution < 1.29 is 4.39 Å². The van der Waals surface area contributed by atoms with Gasteiger partial charge in [0, 0.05) is 30.5 Å². The van der Waals surface area contributed by atoms with Gasteiger partial charge in [0.25, 0.3) is 0 Å². The third-order valence-electron chi connectivity index (χ3n) is 3.68. The minimum absolute atomic E-state index is 0.212. The number of aromatic nitrogens is 2. The summed E-state index contributed by atoms with van der Waals surface area (Å²) in [5, 5.41) is 3.52. The molecular weight excluding hydrogens is 321 g/mol. The number of halogens is 2. The van der Waals surface area contributed by atoms with E-state index in [1.54, 1.807) is 6.07 Å². The summed E-state index contributed by atoms with van der Waals surface area (Å²) in [6.45, 7) is 0.643. The predicted molar refractivity (Wildman–Crippen MR) is 79.6 cm³/mol. The summed E-state index contributed by atoms with van der Waals surface area (Å²) in [4.78, 5) is 4.44. The number of nitrogens with zero attached hydrogens (tertiary/aromatic N) is 2. The maximum absolute atomic E-state index is 13.4. The Labute approximate surface area is 126 Å². The molecule has 20 heavy (non-hydrogen) atoms. The maximum atomic E-state index is 13.4. The lowest BCUT2D eigenvalue weighted by Crippen LogP contribution is -2.25. The first kappa shape index (κ1) is 13.8. The summed E-state index contributed by atoms with van der Waals surface area (Å²) in [5.74, 6) is 1.49. The Morgan fingerprint density at radius 3 is 2.85 bits per heavy atom. The van der Waals surface area contributed by atoms with E-state index in [1.165, 1.54) is 18.9 Å². The monoisotopic (exact) mass is 337 g/mol. The van der Waals surface area contributed by atoms with Crippen molar-refractivity contribution in [2.45, 2.75) is 25.4 Å². The fourth-order valence-electron chi connectivity index (χ4n) is 2.52. The number of rotatable bonds is 5. The molecular formula is C15H17BrFN3. The number of imidazole rings is 1. The van der Waals surface area contributed by atoms with E-state index >= 15 is 0 Å². The van der Waals surface area contributed by atoms with Crippen molar-refractivity contribution in [2.24, 2.45) is 13.0 Å². The van der Waals surface area contributed by atoms with Gasteiger partial charge in [-0.25, -0.2) is 9.37 Å². The highest BCUT2D eigenvalue weighted by Crippen LogP contribution is 2.40. The minimum atomic E-state index is -0.212. The average molecular weight is 338 g/mol. The molecule has 3 nitrogen and oxygen atoms in total. The van der Waals surface area contributed by atoms with Crippen LogP contribution < -0.4 is 5.32 Å². The summed E-state index contributed by atoms with van der Waals surface area (Å²) in [5.41, 5.74) is 0.941. The van der Waals surface area contributed by atoms with Crippen molar-refractivity contribution in [1.82, 2.24) is 14.9 Å². The van der Waals surface area contributed by atoms with E-state index in [1.807, 2.05) is 25.5 Å². The van der Waals surface area contributed by atoms with Gasteiger partial charge < -0.3 is 9.88 Å². The van der Waals surface area contributed by atoms with Crippen molar-refractivity contribution >= 4 is 15.9 Å². The van der Waals surface area contributed by atoms with E-state index < -0.39 is 0 Å². The fraction of sp³-hybridized carbons (Fsp3) is 0.400. The number of aryl methyl sites for hydroxylation is 1. The zero-order valence-corrected chi connectivity index (χ0v) is 12.9. The van der Waals surface area contributed by atoms with Crippen LogP contribution >= 0.6 is 15.9 Å². The van der Waals surface area contributed by atoms with Gasteiger partial charge in [0.15, 0.2) is 0 Å². The summed E-state index contributed by atoms with van der Waals surface area (Å²) in [6.07, 6.45) is 6.26. The van der Waals surface area contributed by atoms with Crippen LogP contribution in [0.4, 0.5) is 4.39 Å². The second kappa shape index (κ2) is 5.66. The lowest BCUT2D eigenvalue weighted by Gasteiger charge is -2.18. The van der Waals surface area contributed by atoms with E-state index in [4.69, 9.17) is 0 Å². The number of nitrogens with one attached hydrogen (secondary N) is 1. The highest BCUT2D eigenvalue weighted by atomic mass is 79.9. The Balaban J connectivity index is 1.73. The lowest BCUT2D eigenvalue weighted by molar-refractivity contribution is 0.445. The van der Waals surface area contributed by atoms with Crippen LogP contribution in [-0.2, 0) is 13.6 Å². The van der Waals surface area contributed by atoms with E-state index in [-0.39, 0.29) is 11.9 Å². The molecule has 1 aromatic carbocycles. The first-order valence-electron chi connectivity index (χ1n) is 6.79. The molecule has 1 aliphatic rings. The van der Waals surface area contributed by atoms with Crippen molar-refractivity contribution in [3.05, 3.63) is 52.3 Å². The summed E-state index contributed by atoms with van der Waals surface area (Å²) < 4.78 is 16.2. The molecule has 0 aliphatic heterocycles. The summed E-state index contributed by atoms with van der Waals surface area (Å²) in [6, 6.07) is 5.23. The van der Waals surface area contributed by atoms with E-state index in [2.05, 4.69) is 30.8 Å². The predicted octanol–water partition coefficient (Wildman–Crippen LogP) is 3.56. The molecule has 1 heterocycles. The number of hydrogen-bond acceptors (Lipinski definition) is 2. The molecule has 1 saturated carbocycles. The zero-order valence-electron chi connectivity index (χ0n) is 11.3. The molecule has 0 bridgehead atoms. The Hall–Kier alpha value is -1.20. The van der Waals surface area contributed by atoms with Crippen LogP contribution in [0.1, 0.15) is 30.3 Å². The SMILES string of the molecule is Cn1ccnc1C(NCc1cc(F)cc(Br)c1)C1CC1. The quantitative estimate of drug-likeness (QED) is 0.903. The molecule has 1 aromatic heterocycles. The fourth-order valence-corrected chi connectivity index (χ4v) is 3.03. The van der Waals surface area contributed by atoms with E-state index in [0.717, 1.165) is 15.9 Å². The van der Waals surface area contributed by atoms with Crippen molar-refractivity contribution in [1.29, 1.82) is 0 Å². The molecule has 0 saturated heterocycles. The standard InChI is InChI=1S/C15H17BrFN3/c1-20-5-4-18-15(20)14(11-2-3-11)19-9-10-6-12(16)8-13(17)7-10/h4-8,11,14,19H,2-3,9H2,1H3. The van der Waals surface area contributed by atoms with Crippen molar-refractivity contribution in [3.8, 4) is 0 Å². The molecule has 2 aromatic rings. The maximum Gasteiger partial charge on any atom is 0.125 e. The van der Waals surface area contributed by atoms with Gasteiger partial charge in [0.05, 0.1) is 6.04 Å². The van der Waals surface area contributed by atoms with Gasteiger partial charge in [-0.2, -0.15) is 0 Å². The molecule has 0 amide bonds. The third-order valence-corrected chi connectivity index (χ3v) is 4.14. The first-order chi connectivity index (χ1) is 9.63. The molecule has 3 rings (SSSR count). The molecule has 1 atom stereocenters. The largest absolute Gasteiger partial charge is 0.337 e. The highest BCUT2D eigenvalue weighted by molar-refractivity contribution is 9.10. The molecule has 0 spiro atoms. The second-order valence-corrected chi connectivity index (χ2v) is 6.29. The normalized spacial score (nSPS) is 16.4. The summed E-state index contributed by atoms with van der Waals surface area (Å²) in [7, 11) is 2.01. The smallest absolute Gasteiger partial charge is 0.125 e. The average Bonchev–Trinajstić information content (AvgIpc) is 3.12. The van der Waals surface area contributed by atoms with Crippen molar-refractivity contribution in [3.63, 3.8) is 0 Å². The van der Waals surface area contributed by atoms with Gasteiger partial charge in [-0.3, -0.25) is 0 Å². The molecule has 5 heteroatoms. The van der Waals surface area contributed by atoms with Gasteiger partial charge in [-0.05, 0) is 42.5 Å². The van der Waals surface area contributed by atoms with Crippen LogP contribution in [0.25, 0.3) is 0 Å². The third kappa shape index (κ3) is 3.10. The second-order valence-electron chi connectivity index (χ2n) is 5.37. The molecule has 1 N–H and O–H groups in total. The highest BCUT2D eigenvalue weighted by Gasteiger charge is 2.34. The Morgan fingerprint density at radius 2 is 2.25 bits per heavy atom. The van der Waals surface area contributed by atoms with Crippen LogP contribution in [0.5, 0.6) is 0 Å². The lowest BCUT2D eigenvalue weighted by atomic mass is 10.1. The van der Waals surface area contributed by atoms with E-state index in [0.29, 0.717) is 12.5 Å². The molecule has 106 valence electrons. The first-order valence-corrected chi connectivity index (χ1v) is 7.58. The van der Waals surface area contributed by atoms with Crippen LogP contribution in [0.15, 0.2) is 35.1 Å². The number of hydrogen-bond donors (Lipinski definition) is 1. The van der Waals surface area contributed by atoms with Gasteiger partial charge in [-0.1, -0.05) is 15.9 Å². The molecule has 1 unspecified atom stereocenters. The van der Waals surface area contributed by atoms with Gasteiger partial charge in [0.1, 0.15) is 11.6 Å². The van der Waals surface area contributed by atoms with Crippen molar-refractivity contribution in [2.75, 3.05) is 0 Å². The van der Waals surface area contributed by atoms with Crippen LogP contribution in [0, 0.1) is 11.7 Å². The van der Waals surface area contributed by atoms with E-state index in [9.17, 15) is 4.39 Å². The Bertz CT molecular complexity index is 587. The Kier molecular flexibility index (Phi) is 3.89. The zero-order chi connectivity index (χ0) is 14.1. The number of benzene rings is 1. The van der Waals surface area contributed by atoms with Gasteiger partial charge in [-0.15, -0.1) is 0 Å². The minimum Gasteiger partial charge on any atom is -0.337 e. The Morgan fingerprint density at radius 1 is 1.45 bits per heavy atom. The molecule has 1 fully saturated rings. The molecule has 1 aliphatic carbocycles. The van der Waals surface area contributed by atoms with Crippen LogP contribution in [0.3, 0.4) is 0 Å². The van der Waals surface area contributed by atoms with Crippen LogP contribution in [-0.4, -0.2) is 9.55 Å². The van der Waals surface area contributed by atoms with Gasteiger partial charge in [0.2, 0.25) is 0 Å². The summed E-state index contributed by atoms with van der Waals surface area (Å²) >= 11 is 3.33. The van der Waals surface area contributed by atoms with Crippen LogP contribution in [0.2, 0.25) is 0 Å². The topological polar surface area (TPSA) is 29.9 Å². The van der Waals surface area contributed by atoms with Gasteiger partial charge >= 0.3 is 0 Å². The molecule has 0 radical (unpaired) electrons.